The number of esters is 1. The van der Waals surface area contributed by atoms with Crippen LogP contribution in [0.3, 0.4) is 0 Å². The lowest BCUT2D eigenvalue weighted by Gasteiger charge is -2.11. The molecule has 2 amide bonds. The van der Waals surface area contributed by atoms with E-state index in [2.05, 4.69) is 101 Å². The second kappa shape index (κ2) is 41.3. The number of alkyl halides is 2. The van der Waals surface area contributed by atoms with Gasteiger partial charge in [-0.25, -0.2) is 4.79 Å². The Hall–Kier alpha value is -4.78. The van der Waals surface area contributed by atoms with Gasteiger partial charge in [-0.05, 0) is 139 Å². The molecule has 12 N–H and O–H groups in total. The molecule has 0 bridgehead atoms. The molecule has 1 fully saturated rings. The van der Waals surface area contributed by atoms with Crippen LogP contribution in [0.2, 0.25) is 0 Å². The van der Waals surface area contributed by atoms with Gasteiger partial charge in [-0.1, -0.05) is 114 Å². The van der Waals surface area contributed by atoms with E-state index in [1.807, 2.05) is 84.9 Å². The van der Waals surface area contributed by atoms with Crippen LogP contribution in [0.5, 0.6) is 11.5 Å². The molecule has 15 nitrogen and oxygen atoms in total. The fourth-order valence-electron chi connectivity index (χ4n) is 6.54. The van der Waals surface area contributed by atoms with Crippen molar-refractivity contribution in [3.63, 3.8) is 0 Å². The van der Waals surface area contributed by atoms with Crippen LogP contribution in [-0.4, -0.2) is 65.9 Å². The van der Waals surface area contributed by atoms with Gasteiger partial charge in [-0.15, -0.1) is 40.2 Å². The number of aliphatic hydroxyl groups is 1. The molecule has 0 unspecified atom stereocenters. The number of amides is 2. The van der Waals surface area contributed by atoms with Gasteiger partial charge in [-0.2, -0.15) is 0 Å². The number of carbonyl (C=O) groups is 3. The first kappa shape index (κ1) is 71.2. The highest BCUT2D eigenvalue weighted by atomic mass is 79.9. The van der Waals surface area contributed by atoms with Crippen LogP contribution in [0.4, 0.5) is 0 Å². The molecule has 2 aliphatic heterocycles. The van der Waals surface area contributed by atoms with E-state index in [-0.39, 0.29) is 57.0 Å². The number of methoxy groups -OCH3 is 2. The number of thiocarbonyl (C=S) groups is 1. The number of nitrogens with two attached hydrogens (primary N) is 4. The largest absolute Gasteiger partial charge is 0.497 e. The Kier molecular flexibility index (Phi) is 37.7. The van der Waals surface area contributed by atoms with E-state index in [0.29, 0.717) is 54.2 Å². The van der Waals surface area contributed by atoms with Gasteiger partial charge in [-0.3, -0.25) is 15.0 Å². The normalized spacial score (nSPS) is 11.1. The molecule has 6 aromatic rings. The van der Waals surface area contributed by atoms with Gasteiger partial charge in [0.1, 0.15) is 18.1 Å². The zero-order valence-corrected chi connectivity index (χ0v) is 52.7. The molecule has 6 aromatic carbocycles. The maximum atomic E-state index is 12.5. The maximum Gasteiger partial charge on any atom is 0.338 e. The summed E-state index contributed by atoms with van der Waals surface area (Å²) in [5, 5.41) is 22.6. The fourth-order valence-corrected chi connectivity index (χ4v) is 8.32. The third-order valence-corrected chi connectivity index (χ3v) is 12.4. The van der Waals surface area contributed by atoms with E-state index in [1.54, 1.807) is 44.6 Å². The Bertz CT molecular complexity index is 2810. The molecule has 1 saturated heterocycles. The first-order valence-corrected chi connectivity index (χ1v) is 28.1. The van der Waals surface area contributed by atoms with Crippen molar-refractivity contribution < 1.29 is 38.4 Å². The number of halogens is 6. The van der Waals surface area contributed by atoms with Gasteiger partial charge in [0.2, 0.25) is 0 Å². The van der Waals surface area contributed by atoms with E-state index in [4.69, 9.17) is 59.0 Å². The second-order valence-corrected chi connectivity index (χ2v) is 20.9. The van der Waals surface area contributed by atoms with Crippen molar-refractivity contribution in [3.05, 3.63) is 196 Å². The molecule has 2 heterocycles. The molecular weight excluding hydrogens is 1340 g/mol. The molecule has 0 atom stereocenters. The summed E-state index contributed by atoms with van der Waals surface area (Å²) in [6, 6.07) is 39.5. The average molecular weight is 1410 g/mol. The summed E-state index contributed by atoms with van der Waals surface area (Å²) in [6.45, 7) is 5.75. The first-order valence-electron chi connectivity index (χ1n) is 23.3. The van der Waals surface area contributed by atoms with Crippen LogP contribution in [0.25, 0.3) is 0 Å². The number of hydrogen-bond acceptors (Lipinski definition) is 12. The summed E-state index contributed by atoms with van der Waals surface area (Å²) >= 11 is 24.9. The number of carbonyl (C=O) groups excluding carboxylic acids is 3. The minimum absolute atomic E-state index is 0. The monoisotopic (exact) mass is 1400 g/mol. The van der Waals surface area contributed by atoms with Crippen molar-refractivity contribution in [1.29, 1.82) is 5.41 Å². The van der Waals surface area contributed by atoms with Crippen molar-refractivity contribution in [2.75, 3.05) is 32.8 Å². The number of aryl methyl sites for hydroxylation is 1. The third kappa shape index (κ3) is 29.4. The van der Waals surface area contributed by atoms with Crippen LogP contribution in [0.1, 0.15) is 82.9 Å². The molecule has 0 spiro atoms. The molecule has 0 aromatic heterocycles. The highest BCUT2D eigenvalue weighted by molar-refractivity contribution is 9.11. The third-order valence-electron chi connectivity index (χ3n) is 10.1. The van der Waals surface area contributed by atoms with E-state index in [9.17, 15) is 19.5 Å². The Morgan fingerprint density at radius 2 is 1.19 bits per heavy atom. The molecule has 0 saturated carbocycles. The summed E-state index contributed by atoms with van der Waals surface area (Å²) in [5.41, 5.74) is 28.6. The minimum atomic E-state index is -0.215. The number of benzene rings is 6. The van der Waals surface area contributed by atoms with Crippen LogP contribution in [0, 0.1) is 12.3 Å². The number of ether oxygens (including phenoxy) is 4. The minimum Gasteiger partial charge on any atom is -0.497 e. The number of thioether (sulfide) groups is 1. The number of rotatable bonds is 12. The second-order valence-electron chi connectivity index (χ2n) is 15.9. The van der Waals surface area contributed by atoms with E-state index in [0.717, 1.165) is 60.4 Å². The lowest BCUT2D eigenvalue weighted by atomic mass is 10.1. The Morgan fingerprint density at radius 3 is 1.63 bits per heavy atom. The van der Waals surface area contributed by atoms with Crippen molar-refractivity contribution in [1.82, 2.24) is 10.6 Å². The number of fused-ring (bicyclic) bond motifs is 1. The number of hydrogen-bond donors (Lipinski definition) is 8. The van der Waals surface area contributed by atoms with Crippen molar-refractivity contribution in [2.24, 2.45) is 22.9 Å². The lowest BCUT2D eigenvalue weighted by molar-refractivity contribution is 0.0534. The van der Waals surface area contributed by atoms with Gasteiger partial charge < -0.3 is 57.6 Å². The zero-order valence-electron chi connectivity index (χ0n) is 43.1. The zero-order chi connectivity index (χ0) is 57.1. The number of nitrogens with one attached hydrogen (secondary N) is 3. The van der Waals surface area contributed by atoms with E-state index in [1.165, 1.54) is 35.7 Å². The molecular formula is C55H65Br4Cl2N7O8S2. The molecule has 8 rings (SSSR count). The summed E-state index contributed by atoms with van der Waals surface area (Å²) in [5.74, 6) is 1.38. The first-order chi connectivity index (χ1) is 36.9. The Labute approximate surface area is 512 Å². The smallest absolute Gasteiger partial charge is 0.338 e. The number of cyclic esters (lactones) is 1. The summed E-state index contributed by atoms with van der Waals surface area (Å²) in [7, 11) is 3.21. The van der Waals surface area contributed by atoms with Crippen LogP contribution in [-0.2, 0) is 48.1 Å². The van der Waals surface area contributed by atoms with Crippen molar-refractivity contribution >= 4 is 140 Å². The van der Waals surface area contributed by atoms with Gasteiger partial charge in [0, 0.05) is 68.7 Å². The maximum absolute atomic E-state index is 12.5. The fraction of sp³-hybridized carbons (Fsp3) is 0.255. The molecule has 23 heteroatoms. The van der Waals surface area contributed by atoms with Crippen molar-refractivity contribution in [3.8, 4) is 11.5 Å². The van der Waals surface area contributed by atoms with Crippen LogP contribution < -0.4 is 43.0 Å². The van der Waals surface area contributed by atoms with Crippen LogP contribution in [0.15, 0.2) is 141 Å². The van der Waals surface area contributed by atoms with E-state index < -0.39 is 0 Å². The highest BCUT2D eigenvalue weighted by Crippen LogP contribution is 2.24. The molecule has 0 radical (unpaired) electrons. The standard InChI is InChI=1S/C17H18BrN3O2S.C16H16BrNO3.C8H5BrO2.C8H11N.C4H8O.CH2Cl2.CH4N2S.BrH/c1-23-14-4-2-3-11(7-14)9-21-16(22)15-6-5-13(18)8-12(15)10-24-17(19)20;1-21-14-4-2-3-11(7-14)9-18-16(20)15-6-5-13(17)8-12(15)10-19;9-6-1-2-7-5(3-6)4-11-8(7)10;1-7-3-2-4-8(5-7)6-9;1-2-4-5-3-1;2-1-3;2-1(3)4;/h2-8H,9-10H2,1H3,(H3,19,20)(H,21,22);2-8,19H,9-10H2,1H3,(H,18,20);1-3H,4H2;2-5H,6,9H2,1H3;1-4H2;1H2;(H4,2,3,4);1H. The summed E-state index contributed by atoms with van der Waals surface area (Å²) in [4.78, 5) is 35.6. The molecule has 422 valence electrons. The average Bonchev–Trinajstić information content (AvgIpc) is 4.13. The summed E-state index contributed by atoms with van der Waals surface area (Å²) < 4.78 is 22.8. The van der Waals surface area contributed by atoms with Gasteiger partial charge in [0.05, 0.1) is 31.7 Å². The molecule has 2 aliphatic rings. The van der Waals surface area contributed by atoms with Crippen molar-refractivity contribution in [2.45, 2.75) is 58.4 Å². The van der Waals surface area contributed by atoms with Gasteiger partial charge in [0.25, 0.3) is 11.8 Å². The predicted molar refractivity (Wildman–Crippen MR) is 336 cm³/mol. The predicted octanol–water partition coefficient (Wildman–Crippen LogP) is 12.0. The topological polar surface area (TPSA) is 260 Å². The Balaban J connectivity index is 0.000000505. The number of aliphatic hydroxyl groups excluding tert-OH is 1. The van der Waals surface area contributed by atoms with Crippen LogP contribution >= 0.6 is 112 Å². The van der Waals surface area contributed by atoms with Gasteiger partial charge in [0.15, 0.2) is 10.3 Å². The molecule has 78 heavy (non-hydrogen) atoms. The molecule has 0 aliphatic carbocycles. The lowest BCUT2D eigenvalue weighted by Crippen LogP contribution is -2.24. The SMILES string of the molecule is Br.C1CCOC1.COc1cccc(CNC(=O)c2ccc(Br)cc2CO)c1.COc1cccc(CNC(=O)c2ccc(Br)cc2CSC(=N)N)c1.Cc1cccc(CN)c1.ClCCl.NC(N)=S.O=C1OCc2cc(Br)ccc21. The van der Waals surface area contributed by atoms with Gasteiger partial charge >= 0.3 is 5.97 Å². The van der Waals surface area contributed by atoms with E-state index >= 15 is 0 Å². The Morgan fingerprint density at radius 1 is 0.731 bits per heavy atom. The number of amidine groups is 1. The highest BCUT2D eigenvalue weighted by Gasteiger charge is 2.20. The summed E-state index contributed by atoms with van der Waals surface area (Å²) in [6.07, 6.45) is 2.56. The quantitative estimate of drug-likeness (QED) is 0.0186.